The molecule has 0 fully saturated rings. The van der Waals surface area contributed by atoms with Gasteiger partial charge in [0, 0.05) is 32.7 Å². The molecule has 11 aromatic rings. The Hall–Kier alpha value is -7.63. The first-order chi connectivity index (χ1) is 27.7. The highest BCUT2D eigenvalue weighted by Gasteiger charge is 2.22. The third-order valence-electron chi connectivity index (χ3n) is 10.7. The monoisotopic (exact) mass is 716 g/mol. The normalized spacial score (nSPS) is 11.6. The molecule has 0 spiro atoms. The predicted octanol–water partition coefficient (Wildman–Crippen LogP) is 13.2. The number of rotatable bonds is 6. The fourth-order valence-electron chi connectivity index (χ4n) is 7.91. The zero-order valence-electron chi connectivity index (χ0n) is 30.2. The molecule has 0 unspecified atom stereocenters. The smallest absolute Gasteiger partial charge is 0.238 e. The number of furan rings is 1. The SMILES string of the molecule is c1ccc(-c2ccc(-c3nc(-c4ccc(-c5ccccc5)cc4)nc(-n4c5ccccc5c5ccc6c7ccc(-c8ccccc8)cc7oc6c54)n3)cc2)cc1. The maximum Gasteiger partial charge on any atom is 0.238 e. The predicted molar refractivity (Wildman–Crippen MR) is 229 cm³/mol. The van der Waals surface area contributed by atoms with Gasteiger partial charge in [-0.3, -0.25) is 4.57 Å². The maximum atomic E-state index is 6.87. The lowest BCUT2D eigenvalue weighted by atomic mass is 10.0. The van der Waals surface area contributed by atoms with E-state index in [1.165, 1.54) is 0 Å². The molecule has 0 saturated carbocycles. The number of aromatic nitrogens is 4. The molecular formula is C51H32N4O. The van der Waals surface area contributed by atoms with Crippen molar-refractivity contribution in [3.05, 3.63) is 194 Å². The van der Waals surface area contributed by atoms with Crippen LogP contribution in [0.15, 0.2) is 199 Å². The van der Waals surface area contributed by atoms with Crippen molar-refractivity contribution >= 4 is 43.7 Å². The van der Waals surface area contributed by atoms with Gasteiger partial charge in [0.25, 0.3) is 0 Å². The first-order valence-electron chi connectivity index (χ1n) is 18.8. The molecule has 11 rings (SSSR count). The highest BCUT2D eigenvalue weighted by atomic mass is 16.3. The molecule has 5 nitrogen and oxygen atoms in total. The Morgan fingerprint density at radius 1 is 0.339 bits per heavy atom. The number of nitrogens with zero attached hydrogens (tertiary/aromatic N) is 4. The Morgan fingerprint density at radius 3 is 1.38 bits per heavy atom. The van der Waals surface area contributed by atoms with Gasteiger partial charge in [0.2, 0.25) is 5.95 Å². The molecule has 0 atom stereocenters. The van der Waals surface area contributed by atoms with E-state index in [1.807, 2.05) is 18.2 Å². The van der Waals surface area contributed by atoms with Crippen LogP contribution in [0.3, 0.4) is 0 Å². The van der Waals surface area contributed by atoms with E-state index in [9.17, 15) is 0 Å². The third kappa shape index (κ3) is 5.37. The zero-order valence-corrected chi connectivity index (χ0v) is 30.2. The Labute approximate surface area is 322 Å². The van der Waals surface area contributed by atoms with Gasteiger partial charge in [-0.05, 0) is 57.6 Å². The molecule has 0 aliphatic heterocycles. The van der Waals surface area contributed by atoms with E-state index < -0.39 is 0 Å². The van der Waals surface area contributed by atoms with Crippen LogP contribution >= 0.6 is 0 Å². The molecule has 262 valence electrons. The van der Waals surface area contributed by atoms with Crippen LogP contribution in [0.4, 0.5) is 0 Å². The minimum atomic E-state index is 0.522. The molecule has 0 saturated heterocycles. The molecule has 3 heterocycles. The number of hydrogen-bond donors (Lipinski definition) is 0. The second-order valence-electron chi connectivity index (χ2n) is 14.0. The Balaban J connectivity index is 1.14. The van der Waals surface area contributed by atoms with Crippen LogP contribution in [0, 0.1) is 0 Å². The summed E-state index contributed by atoms with van der Waals surface area (Å²) in [4.78, 5) is 15.6. The maximum absolute atomic E-state index is 6.87. The van der Waals surface area contributed by atoms with E-state index in [2.05, 4.69) is 180 Å². The van der Waals surface area contributed by atoms with E-state index in [0.717, 1.165) is 88.3 Å². The van der Waals surface area contributed by atoms with Crippen molar-refractivity contribution in [2.75, 3.05) is 0 Å². The molecule has 0 bridgehead atoms. The van der Waals surface area contributed by atoms with Crippen molar-refractivity contribution in [3.8, 4) is 62.1 Å². The number of para-hydroxylation sites is 1. The quantitative estimate of drug-likeness (QED) is 0.172. The fourth-order valence-corrected chi connectivity index (χ4v) is 7.91. The molecule has 0 N–H and O–H groups in total. The average molecular weight is 717 g/mol. The van der Waals surface area contributed by atoms with E-state index in [1.54, 1.807) is 0 Å². The van der Waals surface area contributed by atoms with Crippen LogP contribution < -0.4 is 0 Å². The van der Waals surface area contributed by atoms with E-state index in [4.69, 9.17) is 19.4 Å². The molecular weight excluding hydrogens is 685 g/mol. The van der Waals surface area contributed by atoms with Gasteiger partial charge in [-0.25, -0.2) is 4.98 Å². The van der Waals surface area contributed by atoms with Gasteiger partial charge in [-0.1, -0.05) is 170 Å². The first-order valence-corrected chi connectivity index (χ1v) is 18.8. The van der Waals surface area contributed by atoms with Crippen LogP contribution in [0.25, 0.3) is 106 Å². The second kappa shape index (κ2) is 13.0. The minimum Gasteiger partial charge on any atom is -0.454 e. The summed E-state index contributed by atoms with van der Waals surface area (Å²) in [6.07, 6.45) is 0. The van der Waals surface area contributed by atoms with Gasteiger partial charge in [0.15, 0.2) is 17.2 Å². The minimum absolute atomic E-state index is 0.522. The van der Waals surface area contributed by atoms with E-state index in [-0.39, 0.29) is 0 Å². The van der Waals surface area contributed by atoms with Gasteiger partial charge < -0.3 is 4.42 Å². The summed E-state index contributed by atoms with van der Waals surface area (Å²) in [5, 5.41) is 4.27. The lowest BCUT2D eigenvalue weighted by Crippen LogP contribution is -2.06. The molecule has 0 aliphatic carbocycles. The third-order valence-corrected chi connectivity index (χ3v) is 10.7. The summed E-state index contributed by atoms with van der Waals surface area (Å²) in [6.45, 7) is 0. The molecule has 5 heteroatoms. The molecule has 8 aromatic carbocycles. The van der Waals surface area contributed by atoms with Crippen molar-refractivity contribution in [2.24, 2.45) is 0 Å². The van der Waals surface area contributed by atoms with Crippen molar-refractivity contribution < 1.29 is 4.42 Å². The fraction of sp³-hybridized carbons (Fsp3) is 0. The largest absolute Gasteiger partial charge is 0.454 e. The molecule has 0 amide bonds. The van der Waals surface area contributed by atoms with Crippen molar-refractivity contribution in [1.29, 1.82) is 0 Å². The number of benzene rings is 8. The Morgan fingerprint density at radius 2 is 0.786 bits per heavy atom. The standard InChI is InChI=1S/C51H32N4O/c1-4-12-33(13-5-1)36-20-24-38(25-21-36)49-52-50(39-26-22-37(23-27-39)34-14-6-2-7-15-34)54-51(53-49)55-45-19-11-10-18-41(45)43-30-31-44-42-29-28-40(35-16-8-3-9-17-35)32-46(42)56-48(44)47(43)55/h1-32H. The van der Waals surface area contributed by atoms with Crippen LogP contribution in [0.1, 0.15) is 0 Å². The zero-order chi connectivity index (χ0) is 37.0. The van der Waals surface area contributed by atoms with Gasteiger partial charge in [0.05, 0.1) is 5.52 Å². The summed E-state index contributed by atoms with van der Waals surface area (Å²) in [5.41, 5.74) is 12.2. The first kappa shape index (κ1) is 31.9. The van der Waals surface area contributed by atoms with E-state index in [0.29, 0.717) is 17.6 Å². The van der Waals surface area contributed by atoms with Gasteiger partial charge in [-0.15, -0.1) is 0 Å². The topological polar surface area (TPSA) is 56.7 Å². The lowest BCUT2D eigenvalue weighted by Gasteiger charge is -2.12. The molecule has 56 heavy (non-hydrogen) atoms. The summed E-state index contributed by atoms with van der Waals surface area (Å²) < 4.78 is 9.02. The van der Waals surface area contributed by atoms with Crippen LogP contribution in [0.2, 0.25) is 0 Å². The highest BCUT2D eigenvalue weighted by Crippen LogP contribution is 2.41. The Bertz CT molecular complexity index is 3100. The molecule has 0 radical (unpaired) electrons. The van der Waals surface area contributed by atoms with Crippen molar-refractivity contribution in [1.82, 2.24) is 19.5 Å². The van der Waals surface area contributed by atoms with E-state index >= 15 is 0 Å². The summed E-state index contributed by atoms with van der Waals surface area (Å²) in [7, 11) is 0. The summed E-state index contributed by atoms with van der Waals surface area (Å²) in [5.74, 6) is 1.70. The van der Waals surface area contributed by atoms with Crippen LogP contribution in [-0.2, 0) is 0 Å². The van der Waals surface area contributed by atoms with Crippen molar-refractivity contribution in [2.45, 2.75) is 0 Å². The number of hydrogen-bond acceptors (Lipinski definition) is 4. The van der Waals surface area contributed by atoms with Crippen molar-refractivity contribution in [3.63, 3.8) is 0 Å². The lowest BCUT2D eigenvalue weighted by molar-refractivity contribution is 0.671. The molecule has 0 aliphatic rings. The highest BCUT2D eigenvalue weighted by molar-refractivity contribution is 6.21. The summed E-state index contributed by atoms with van der Waals surface area (Å²) in [6, 6.07) is 67.4. The average Bonchev–Trinajstić information content (AvgIpc) is 3.83. The van der Waals surface area contributed by atoms with Crippen LogP contribution in [-0.4, -0.2) is 19.5 Å². The summed E-state index contributed by atoms with van der Waals surface area (Å²) >= 11 is 0. The van der Waals surface area contributed by atoms with Gasteiger partial charge in [0.1, 0.15) is 11.1 Å². The Kier molecular flexibility index (Phi) is 7.42. The van der Waals surface area contributed by atoms with Crippen LogP contribution in [0.5, 0.6) is 0 Å². The molecule has 3 aromatic heterocycles. The van der Waals surface area contributed by atoms with Gasteiger partial charge >= 0.3 is 0 Å². The second-order valence-corrected chi connectivity index (χ2v) is 14.0. The van der Waals surface area contributed by atoms with Gasteiger partial charge in [-0.2, -0.15) is 9.97 Å². The number of fused-ring (bicyclic) bond motifs is 7.